The average Bonchev–Trinajstić information content (AvgIpc) is 2.46. The van der Waals surface area contributed by atoms with Gasteiger partial charge in [-0.1, -0.05) is 36.4 Å². The lowest BCUT2D eigenvalue weighted by Crippen LogP contribution is -2.04. The number of alkyl halides is 3. The van der Waals surface area contributed by atoms with Gasteiger partial charge in [-0.05, 0) is 23.8 Å². The van der Waals surface area contributed by atoms with Crippen molar-refractivity contribution in [2.45, 2.75) is 6.18 Å². The van der Waals surface area contributed by atoms with Crippen molar-refractivity contribution in [3.8, 4) is 11.1 Å². The second kappa shape index (κ2) is 4.63. The summed E-state index contributed by atoms with van der Waals surface area (Å²) in [7, 11) is 0. The molecule has 99 valence electrons. The Morgan fingerprint density at radius 2 is 1.75 bits per heavy atom. The number of fused-ring (bicyclic) bond motifs is 1. The lowest BCUT2D eigenvalue weighted by atomic mass is 10.00. The van der Waals surface area contributed by atoms with Gasteiger partial charge in [-0.2, -0.15) is 13.2 Å². The fraction of sp³-hybridized carbons (Fsp3) is 0.0625. The van der Waals surface area contributed by atoms with Crippen LogP contribution < -0.4 is 0 Å². The zero-order valence-corrected chi connectivity index (χ0v) is 10.3. The number of para-hydroxylation sites is 1. The summed E-state index contributed by atoms with van der Waals surface area (Å²) in [6.45, 7) is 0. The summed E-state index contributed by atoms with van der Waals surface area (Å²) < 4.78 is 38.3. The lowest BCUT2D eigenvalue weighted by molar-refractivity contribution is -0.137. The van der Waals surface area contributed by atoms with Crippen LogP contribution in [-0.4, -0.2) is 4.98 Å². The average molecular weight is 272 g/mol. The normalized spacial score (nSPS) is 11.8. The summed E-state index contributed by atoms with van der Waals surface area (Å²) >= 11 is 0. The summed E-state index contributed by atoms with van der Waals surface area (Å²) in [6.07, 6.45) is -1.63. The first-order valence-corrected chi connectivity index (χ1v) is 5.99. The third kappa shape index (κ3) is 2.25. The highest BCUT2D eigenvalue weighted by atomic mass is 19.4. The molecule has 2 aromatic carbocycles. The molecule has 0 saturated heterocycles. The molecule has 0 unspecified atom stereocenters. The van der Waals surface area contributed by atoms with E-state index in [1.54, 1.807) is 24.3 Å². The van der Waals surface area contributed by atoms with Gasteiger partial charge in [-0.25, -0.2) is 4.98 Å². The van der Waals surface area contributed by atoms with E-state index in [9.17, 15) is 13.2 Å². The first kappa shape index (κ1) is 12.7. The number of benzene rings is 2. The van der Waals surface area contributed by atoms with Crippen LogP contribution >= 0.6 is 0 Å². The molecule has 1 radical (unpaired) electrons. The van der Waals surface area contributed by atoms with Gasteiger partial charge in [0.2, 0.25) is 0 Å². The van der Waals surface area contributed by atoms with Gasteiger partial charge >= 0.3 is 6.18 Å². The largest absolute Gasteiger partial charge is 0.416 e. The Hall–Kier alpha value is -2.36. The van der Waals surface area contributed by atoms with Gasteiger partial charge in [0.25, 0.3) is 0 Å². The first-order valence-electron chi connectivity index (χ1n) is 5.99. The van der Waals surface area contributed by atoms with Crippen LogP contribution in [0.3, 0.4) is 0 Å². The number of rotatable bonds is 1. The van der Waals surface area contributed by atoms with E-state index >= 15 is 0 Å². The number of nitrogens with zero attached hydrogens (tertiary/aromatic N) is 1. The predicted octanol–water partition coefficient (Wildman–Crippen LogP) is 4.72. The molecular formula is C16H9F3N. The molecule has 3 aromatic rings. The molecule has 1 heterocycles. The molecule has 1 aromatic heterocycles. The summed E-state index contributed by atoms with van der Waals surface area (Å²) in [5.41, 5.74) is 1.16. The number of aromatic nitrogens is 1. The zero-order chi connectivity index (χ0) is 14.2. The van der Waals surface area contributed by atoms with E-state index in [1.807, 2.05) is 12.1 Å². The third-order valence-electron chi connectivity index (χ3n) is 3.08. The molecule has 0 amide bonds. The molecule has 0 aliphatic rings. The van der Waals surface area contributed by atoms with Gasteiger partial charge in [0.15, 0.2) is 0 Å². The van der Waals surface area contributed by atoms with Crippen molar-refractivity contribution in [1.82, 2.24) is 4.98 Å². The summed E-state index contributed by atoms with van der Waals surface area (Å²) in [6, 6.07) is 14.2. The first-order chi connectivity index (χ1) is 9.55. The van der Waals surface area contributed by atoms with Crippen LogP contribution in [0.4, 0.5) is 13.2 Å². The fourth-order valence-corrected chi connectivity index (χ4v) is 2.15. The SMILES string of the molecule is FC(F)(F)c1cccc(-c2cccc3cc[c]nc23)c1. The van der Waals surface area contributed by atoms with Gasteiger partial charge in [0.05, 0.1) is 17.3 Å². The summed E-state index contributed by atoms with van der Waals surface area (Å²) in [5.74, 6) is 0. The van der Waals surface area contributed by atoms with E-state index in [0.717, 1.165) is 17.5 Å². The Morgan fingerprint density at radius 3 is 2.55 bits per heavy atom. The standard InChI is InChI=1S/C16H9F3N/c17-16(18,19)13-7-1-5-12(10-13)14-8-2-4-11-6-3-9-20-15(11)14/h1-8,10H. The van der Waals surface area contributed by atoms with Gasteiger partial charge in [-0.15, -0.1) is 0 Å². The highest BCUT2D eigenvalue weighted by Gasteiger charge is 2.30. The summed E-state index contributed by atoms with van der Waals surface area (Å²) in [4.78, 5) is 4.14. The maximum Gasteiger partial charge on any atom is 0.416 e. The van der Waals surface area contributed by atoms with Crippen LogP contribution in [0.5, 0.6) is 0 Å². The van der Waals surface area contributed by atoms with E-state index in [0.29, 0.717) is 16.6 Å². The molecule has 0 aliphatic carbocycles. The smallest absolute Gasteiger partial charge is 0.245 e. The molecular weight excluding hydrogens is 263 g/mol. The Labute approximate surface area is 113 Å². The van der Waals surface area contributed by atoms with E-state index in [4.69, 9.17) is 0 Å². The van der Waals surface area contributed by atoms with Crippen LogP contribution in [-0.2, 0) is 6.18 Å². The number of hydrogen-bond donors (Lipinski definition) is 0. The zero-order valence-electron chi connectivity index (χ0n) is 10.3. The van der Waals surface area contributed by atoms with Crippen LogP contribution in [0, 0.1) is 6.20 Å². The van der Waals surface area contributed by atoms with Gasteiger partial charge < -0.3 is 0 Å². The van der Waals surface area contributed by atoms with E-state index in [-0.39, 0.29) is 0 Å². The minimum atomic E-state index is -4.35. The van der Waals surface area contributed by atoms with E-state index in [2.05, 4.69) is 11.2 Å². The van der Waals surface area contributed by atoms with Crippen LogP contribution in [0.1, 0.15) is 5.56 Å². The fourth-order valence-electron chi connectivity index (χ4n) is 2.15. The van der Waals surface area contributed by atoms with Crippen molar-refractivity contribution in [2.24, 2.45) is 0 Å². The molecule has 1 nitrogen and oxygen atoms in total. The Balaban J connectivity index is 2.21. The minimum Gasteiger partial charge on any atom is -0.245 e. The molecule has 0 N–H and O–H groups in total. The van der Waals surface area contributed by atoms with Gasteiger partial charge in [0, 0.05) is 10.9 Å². The highest BCUT2D eigenvalue weighted by molar-refractivity contribution is 5.93. The molecule has 0 aliphatic heterocycles. The molecule has 20 heavy (non-hydrogen) atoms. The lowest BCUT2D eigenvalue weighted by Gasteiger charge is -2.10. The Kier molecular flexibility index (Phi) is 2.93. The molecule has 0 fully saturated rings. The van der Waals surface area contributed by atoms with Gasteiger partial charge in [-0.3, -0.25) is 0 Å². The van der Waals surface area contributed by atoms with E-state index in [1.165, 1.54) is 6.07 Å². The molecule has 4 heteroatoms. The topological polar surface area (TPSA) is 12.9 Å². The maximum absolute atomic E-state index is 12.8. The van der Waals surface area contributed by atoms with Gasteiger partial charge in [0.1, 0.15) is 0 Å². The van der Waals surface area contributed by atoms with Crippen LogP contribution in [0.15, 0.2) is 54.6 Å². The number of pyridine rings is 1. The second-order valence-corrected chi connectivity index (χ2v) is 4.40. The molecule has 0 spiro atoms. The molecule has 0 bridgehead atoms. The van der Waals surface area contributed by atoms with Crippen LogP contribution in [0.25, 0.3) is 22.0 Å². The van der Waals surface area contributed by atoms with E-state index < -0.39 is 11.7 Å². The molecule has 3 rings (SSSR count). The summed E-state index contributed by atoms with van der Waals surface area (Å²) in [5, 5.41) is 0.874. The van der Waals surface area contributed by atoms with Crippen molar-refractivity contribution in [3.63, 3.8) is 0 Å². The second-order valence-electron chi connectivity index (χ2n) is 4.40. The number of hydrogen-bond acceptors (Lipinski definition) is 1. The van der Waals surface area contributed by atoms with Crippen molar-refractivity contribution in [2.75, 3.05) is 0 Å². The third-order valence-corrected chi connectivity index (χ3v) is 3.08. The van der Waals surface area contributed by atoms with Crippen molar-refractivity contribution in [1.29, 1.82) is 0 Å². The Bertz CT molecular complexity index is 758. The van der Waals surface area contributed by atoms with Crippen molar-refractivity contribution < 1.29 is 13.2 Å². The minimum absolute atomic E-state index is 0.498. The van der Waals surface area contributed by atoms with Crippen molar-refractivity contribution >= 4 is 10.9 Å². The maximum atomic E-state index is 12.8. The molecule has 0 saturated carbocycles. The quantitative estimate of drug-likeness (QED) is 0.624. The molecule has 0 atom stereocenters. The predicted molar refractivity (Wildman–Crippen MR) is 71.0 cm³/mol. The Morgan fingerprint density at radius 1 is 0.950 bits per heavy atom. The monoisotopic (exact) mass is 272 g/mol. The van der Waals surface area contributed by atoms with Crippen molar-refractivity contribution in [3.05, 3.63) is 66.4 Å². The number of halogens is 3. The van der Waals surface area contributed by atoms with Crippen LogP contribution in [0.2, 0.25) is 0 Å². The highest BCUT2D eigenvalue weighted by Crippen LogP contribution is 2.33.